The smallest absolute Gasteiger partial charge is 0.325 e. The lowest BCUT2D eigenvalue weighted by Gasteiger charge is -2.22. The zero-order valence-electron chi connectivity index (χ0n) is 19.4. The molecule has 1 atom stereocenters. The van der Waals surface area contributed by atoms with Gasteiger partial charge in [0, 0.05) is 20.2 Å². The molecule has 3 rings (SSSR count). The second-order valence-corrected chi connectivity index (χ2v) is 7.95. The molecule has 1 saturated heterocycles. The van der Waals surface area contributed by atoms with Crippen LogP contribution in [0, 0.1) is 5.82 Å². The summed E-state index contributed by atoms with van der Waals surface area (Å²) >= 11 is 0. The minimum absolute atomic E-state index is 0.120. The first-order valence-electron chi connectivity index (χ1n) is 10.2. The standard InChI is InChI=1S/C23H25FN4O6/c1-23(13-6-8-14(24)9-7-13)21(31)28(22(32)26-23)12-19(29)25-16-11-18(34-5)17(33-4)10-15(16)20(30)27(2)3/h6-11H,12H2,1-5H3,(H,25,29)(H,26,32). The van der Waals surface area contributed by atoms with E-state index in [0.29, 0.717) is 5.56 Å². The lowest BCUT2D eigenvalue weighted by Crippen LogP contribution is -2.42. The number of nitrogens with one attached hydrogen (secondary N) is 2. The van der Waals surface area contributed by atoms with Crippen LogP contribution in [0.1, 0.15) is 22.8 Å². The van der Waals surface area contributed by atoms with Crippen molar-refractivity contribution in [3.05, 3.63) is 53.3 Å². The topological polar surface area (TPSA) is 117 Å². The Hall–Kier alpha value is -4.15. The third-order valence-electron chi connectivity index (χ3n) is 5.43. The lowest BCUT2D eigenvalue weighted by molar-refractivity contribution is -0.133. The van der Waals surface area contributed by atoms with E-state index in [4.69, 9.17) is 9.47 Å². The third kappa shape index (κ3) is 4.49. The number of imide groups is 1. The van der Waals surface area contributed by atoms with Crippen LogP contribution in [0.5, 0.6) is 11.5 Å². The maximum atomic E-state index is 13.3. The minimum atomic E-state index is -1.46. The molecule has 0 aromatic heterocycles. The lowest BCUT2D eigenvalue weighted by atomic mass is 9.92. The summed E-state index contributed by atoms with van der Waals surface area (Å²) in [6.45, 7) is 0.867. The summed E-state index contributed by atoms with van der Waals surface area (Å²) in [6, 6.07) is 7.20. The molecule has 1 unspecified atom stereocenters. The molecule has 2 N–H and O–H groups in total. The van der Waals surface area contributed by atoms with Crippen molar-refractivity contribution in [3.8, 4) is 11.5 Å². The highest BCUT2D eigenvalue weighted by molar-refractivity contribution is 6.11. The number of urea groups is 1. The van der Waals surface area contributed by atoms with E-state index in [2.05, 4.69) is 10.6 Å². The second kappa shape index (κ2) is 9.38. The Morgan fingerprint density at radius 2 is 1.68 bits per heavy atom. The molecular weight excluding hydrogens is 447 g/mol. The molecule has 1 aliphatic rings. The Balaban J connectivity index is 1.85. The van der Waals surface area contributed by atoms with Crippen LogP contribution in [-0.4, -0.2) is 68.4 Å². The van der Waals surface area contributed by atoms with Crippen LogP contribution < -0.4 is 20.1 Å². The van der Waals surface area contributed by atoms with Crippen LogP contribution in [0.2, 0.25) is 0 Å². The fourth-order valence-electron chi connectivity index (χ4n) is 3.55. The summed E-state index contributed by atoms with van der Waals surface area (Å²) in [5, 5.41) is 5.12. The van der Waals surface area contributed by atoms with E-state index in [1.807, 2.05) is 0 Å². The number of ether oxygens (including phenoxy) is 2. The maximum absolute atomic E-state index is 13.3. The number of carbonyl (C=O) groups excluding carboxylic acids is 4. The van der Waals surface area contributed by atoms with Crippen molar-refractivity contribution in [2.24, 2.45) is 0 Å². The van der Waals surface area contributed by atoms with Crippen LogP contribution in [-0.2, 0) is 15.1 Å². The Labute approximate surface area is 195 Å². The van der Waals surface area contributed by atoms with Crippen LogP contribution in [0.15, 0.2) is 36.4 Å². The highest BCUT2D eigenvalue weighted by Gasteiger charge is 2.49. The number of benzene rings is 2. The molecule has 0 aliphatic carbocycles. The maximum Gasteiger partial charge on any atom is 0.325 e. The van der Waals surface area contributed by atoms with Crippen molar-refractivity contribution in [1.29, 1.82) is 0 Å². The second-order valence-electron chi connectivity index (χ2n) is 7.95. The molecule has 0 radical (unpaired) electrons. The van der Waals surface area contributed by atoms with Gasteiger partial charge in [-0.05, 0) is 30.7 Å². The number of amides is 5. The van der Waals surface area contributed by atoms with Gasteiger partial charge in [-0.2, -0.15) is 0 Å². The van der Waals surface area contributed by atoms with E-state index in [1.54, 1.807) is 14.1 Å². The highest BCUT2D eigenvalue weighted by Crippen LogP contribution is 2.34. The predicted octanol–water partition coefficient (Wildman–Crippen LogP) is 1.95. The number of hydrogen-bond donors (Lipinski definition) is 2. The summed E-state index contributed by atoms with van der Waals surface area (Å²) in [6.07, 6.45) is 0. The first kappa shape index (κ1) is 24.5. The molecule has 0 saturated carbocycles. The van der Waals surface area contributed by atoms with E-state index in [9.17, 15) is 23.6 Å². The molecular formula is C23H25FN4O6. The Bertz CT molecular complexity index is 1150. The van der Waals surface area contributed by atoms with E-state index >= 15 is 0 Å². The third-order valence-corrected chi connectivity index (χ3v) is 5.43. The van der Waals surface area contributed by atoms with Crippen LogP contribution in [0.3, 0.4) is 0 Å². The van der Waals surface area contributed by atoms with Crippen LogP contribution in [0.25, 0.3) is 0 Å². The quantitative estimate of drug-likeness (QED) is 0.595. The van der Waals surface area contributed by atoms with Gasteiger partial charge in [0.1, 0.15) is 17.9 Å². The molecule has 1 heterocycles. The number of halogens is 1. The van der Waals surface area contributed by atoms with Gasteiger partial charge < -0.3 is 25.0 Å². The molecule has 11 heteroatoms. The molecule has 180 valence electrons. The molecule has 2 aromatic carbocycles. The van der Waals surface area contributed by atoms with E-state index in [-0.39, 0.29) is 22.7 Å². The van der Waals surface area contributed by atoms with Gasteiger partial charge in [-0.25, -0.2) is 9.18 Å². The summed E-state index contributed by atoms with van der Waals surface area (Å²) in [5.74, 6) is -1.72. The average molecular weight is 472 g/mol. The Kier molecular flexibility index (Phi) is 6.75. The fourth-order valence-corrected chi connectivity index (χ4v) is 3.55. The summed E-state index contributed by atoms with van der Waals surface area (Å²) < 4.78 is 23.8. The van der Waals surface area contributed by atoms with Gasteiger partial charge in [0.15, 0.2) is 11.5 Å². The summed E-state index contributed by atoms with van der Waals surface area (Å²) in [4.78, 5) is 53.1. The fraction of sp³-hybridized carbons (Fsp3) is 0.304. The number of nitrogens with zero attached hydrogens (tertiary/aromatic N) is 2. The normalized spacial score (nSPS) is 17.3. The first-order valence-corrected chi connectivity index (χ1v) is 10.2. The van der Waals surface area contributed by atoms with E-state index in [1.165, 1.54) is 62.4 Å². The summed E-state index contributed by atoms with van der Waals surface area (Å²) in [7, 11) is 5.92. The molecule has 1 fully saturated rings. The molecule has 0 spiro atoms. The van der Waals surface area contributed by atoms with Crippen molar-refractivity contribution in [2.75, 3.05) is 40.2 Å². The number of hydrogen-bond acceptors (Lipinski definition) is 6. The van der Waals surface area contributed by atoms with Gasteiger partial charge in [-0.3, -0.25) is 19.3 Å². The number of methoxy groups -OCH3 is 2. The predicted molar refractivity (Wildman–Crippen MR) is 120 cm³/mol. The van der Waals surface area contributed by atoms with Crippen molar-refractivity contribution >= 4 is 29.4 Å². The molecule has 10 nitrogen and oxygen atoms in total. The van der Waals surface area contributed by atoms with Gasteiger partial charge in [0.25, 0.3) is 11.8 Å². The van der Waals surface area contributed by atoms with Gasteiger partial charge in [0.05, 0.1) is 25.5 Å². The number of rotatable bonds is 7. The Morgan fingerprint density at radius 1 is 1.09 bits per heavy atom. The largest absolute Gasteiger partial charge is 0.493 e. The SMILES string of the molecule is COc1cc(NC(=O)CN2C(=O)NC(C)(c3ccc(F)cc3)C2=O)c(C(=O)N(C)C)cc1OC. The van der Waals surface area contributed by atoms with E-state index < -0.39 is 41.7 Å². The van der Waals surface area contributed by atoms with Crippen LogP contribution >= 0.6 is 0 Å². The molecule has 1 aliphatic heterocycles. The molecule has 34 heavy (non-hydrogen) atoms. The number of anilines is 1. The minimum Gasteiger partial charge on any atom is -0.493 e. The average Bonchev–Trinajstić information content (AvgIpc) is 3.02. The zero-order chi connectivity index (χ0) is 25.2. The molecule has 2 aromatic rings. The first-order chi connectivity index (χ1) is 16.0. The summed E-state index contributed by atoms with van der Waals surface area (Å²) in [5.41, 5.74) is -0.839. The monoisotopic (exact) mass is 472 g/mol. The molecule has 5 amide bonds. The van der Waals surface area contributed by atoms with Crippen molar-refractivity contribution in [1.82, 2.24) is 15.1 Å². The van der Waals surface area contributed by atoms with Gasteiger partial charge in [0.2, 0.25) is 5.91 Å². The zero-order valence-corrected chi connectivity index (χ0v) is 19.4. The van der Waals surface area contributed by atoms with E-state index in [0.717, 1.165) is 4.90 Å². The van der Waals surface area contributed by atoms with Gasteiger partial charge in [-0.15, -0.1) is 0 Å². The Morgan fingerprint density at radius 3 is 2.24 bits per heavy atom. The van der Waals surface area contributed by atoms with Gasteiger partial charge >= 0.3 is 6.03 Å². The van der Waals surface area contributed by atoms with Crippen molar-refractivity contribution < 1.29 is 33.0 Å². The van der Waals surface area contributed by atoms with Crippen LogP contribution in [0.4, 0.5) is 14.9 Å². The van der Waals surface area contributed by atoms with Crippen molar-refractivity contribution in [3.63, 3.8) is 0 Å². The number of carbonyl (C=O) groups is 4. The van der Waals surface area contributed by atoms with Crippen molar-refractivity contribution in [2.45, 2.75) is 12.5 Å². The van der Waals surface area contributed by atoms with Gasteiger partial charge in [-0.1, -0.05) is 12.1 Å². The molecule has 0 bridgehead atoms. The highest BCUT2D eigenvalue weighted by atomic mass is 19.1.